The first kappa shape index (κ1) is 42.8. The Kier molecular flexibility index (Phi) is 30.1. The standard InChI is InChI=1S/C36H61O8P/c1-3-5-7-9-11-13-15-17-18-19-21-22-24-26-28-30-35(37)42-32-34(33-43-45(39,40)41)44-36(38)31-29-27-25-23-20-16-14-12-10-8-6-4-2/h5,7,11-14,17-18,21-22,34H,3-4,6,8-10,15-16,19-20,23-33H2,1-2H3,(H2,39,40,41)/b7-5+,13-11+,14-12+,18-17+,22-21+/t34-/m1/s1. The number of carbonyl (C=O) groups is 2. The average Bonchev–Trinajstić information content (AvgIpc) is 3.00. The van der Waals surface area contributed by atoms with Crippen LogP contribution in [0.4, 0.5) is 0 Å². The molecule has 0 saturated heterocycles. The second kappa shape index (κ2) is 31.7. The number of unbranched alkanes of at least 4 members (excludes halogenated alkanes) is 10. The zero-order chi connectivity index (χ0) is 33.3. The third-order valence-corrected chi connectivity index (χ3v) is 7.26. The van der Waals surface area contributed by atoms with Crippen molar-refractivity contribution in [2.75, 3.05) is 13.2 Å². The molecule has 9 heteroatoms. The van der Waals surface area contributed by atoms with Crippen LogP contribution in [-0.4, -0.2) is 41.0 Å². The normalized spacial score (nSPS) is 13.2. The topological polar surface area (TPSA) is 119 Å². The molecule has 0 aliphatic rings. The molecule has 0 aromatic heterocycles. The highest BCUT2D eigenvalue weighted by Crippen LogP contribution is 2.35. The number of phosphoric acid groups is 1. The second-order valence-electron chi connectivity index (χ2n) is 11.1. The summed E-state index contributed by atoms with van der Waals surface area (Å²) >= 11 is 0. The van der Waals surface area contributed by atoms with Crippen LogP contribution in [-0.2, 0) is 28.2 Å². The number of hydrogen-bond acceptors (Lipinski definition) is 6. The molecule has 0 aromatic rings. The summed E-state index contributed by atoms with van der Waals surface area (Å²) in [5, 5.41) is 0. The van der Waals surface area contributed by atoms with Gasteiger partial charge in [0.25, 0.3) is 0 Å². The van der Waals surface area contributed by atoms with Crippen molar-refractivity contribution in [1.29, 1.82) is 0 Å². The molecule has 8 nitrogen and oxygen atoms in total. The Morgan fingerprint density at radius 2 is 1.07 bits per heavy atom. The van der Waals surface area contributed by atoms with Crippen molar-refractivity contribution in [3.63, 3.8) is 0 Å². The van der Waals surface area contributed by atoms with Crippen LogP contribution in [0, 0.1) is 0 Å². The van der Waals surface area contributed by atoms with Crippen LogP contribution in [0.25, 0.3) is 0 Å². The number of hydrogen-bond donors (Lipinski definition) is 2. The van der Waals surface area contributed by atoms with Crippen molar-refractivity contribution in [3.8, 4) is 0 Å². The molecule has 45 heavy (non-hydrogen) atoms. The molecule has 2 N–H and O–H groups in total. The number of phosphoric ester groups is 1. The van der Waals surface area contributed by atoms with Gasteiger partial charge in [-0.1, -0.05) is 107 Å². The first-order valence-corrected chi connectivity index (χ1v) is 18.6. The van der Waals surface area contributed by atoms with Crippen molar-refractivity contribution in [3.05, 3.63) is 60.8 Å². The lowest BCUT2D eigenvalue weighted by Crippen LogP contribution is -2.29. The Bertz CT molecular complexity index is 916. The maximum Gasteiger partial charge on any atom is 0.469 e. The van der Waals surface area contributed by atoms with Gasteiger partial charge in [0.1, 0.15) is 6.61 Å². The van der Waals surface area contributed by atoms with Crippen LogP contribution in [0.5, 0.6) is 0 Å². The summed E-state index contributed by atoms with van der Waals surface area (Å²) in [6, 6.07) is 0. The molecule has 0 amide bonds. The molecular formula is C36H61O8P. The fourth-order valence-electron chi connectivity index (χ4n) is 4.24. The van der Waals surface area contributed by atoms with Gasteiger partial charge in [0.2, 0.25) is 0 Å². The average molecular weight is 653 g/mol. The molecule has 0 aromatic carbocycles. The van der Waals surface area contributed by atoms with E-state index < -0.39 is 32.5 Å². The third-order valence-electron chi connectivity index (χ3n) is 6.77. The van der Waals surface area contributed by atoms with E-state index in [1.165, 1.54) is 19.3 Å². The van der Waals surface area contributed by atoms with E-state index >= 15 is 0 Å². The lowest BCUT2D eigenvalue weighted by atomic mass is 10.1. The smallest absolute Gasteiger partial charge is 0.462 e. The molecule has 0 fully saturated rings. The van der Waals surface area contributed by atoms with Crippen molar-refractivity contribution in [2.24, 2.45) is 0 Å². The van der Waals surface area contributed by atoms with E-state index in [0.29, 0.717) is 12.8 Å². The van der Waals surface area contributed by atoms with E-state index in [9.17, 15) is 14.2 Å². The minimum Gasteiger partial charge on any atom is -0.462 e. The number of allylic oxidation sites excluding steroid dienone is 10. The minimum absolute atomic E-state index is 0.189. The molecule has 258 valence electrons. The SMILES string of the molecule is CC/C=C/C/C=C/C/C=C/C/C=C/CCCCC(=O)OC[C@H](COP(=O)(O)O)OC(=O)CCCCCCC/C=C/CCCCC. The predicted octanol–water partition coefficient (Wildman–Crippen LogP) is 9.78. The van der Waals surface area contributed by atoms with Gasteiger partial charge < -0.3 is 19.3 Å². The Morgan fingerprint density at radius 1 is 0.600 bits per heavy atom. The van der Waals surface area contributed by atoms with E-state index in [4.69, 9.17) is 19.3 Å². The highest BCUT2D eigenvalue weighted by atomic mass is 31.2. The van der Waals surface area contributed by atoms with Crippen molar-refractivity contribution < 1.29 is 37.9 Å². The Balaban J connectivity index is 4.12. The van der Waals surface area contributed by atoms with E-state index in [0.717, 1.165) is 77.0 Å². The van der Waals surface area contributed by atoms with Gasteiger partial charge in [-0.3, -0.25) is 14.1 Å². The molecule has 0 spiro atoms. The van der Waals surface area contributed by atoms with E-state index in [1.807, 2.05) is 0 Å². The van der Waals surface area contributed by atoms with Gasteiger partial charge in [0, 0.05) is 12.8 Å². The lowest BCUT2D eigenvalue weighted by molar-refractivity contribution is -0.161. The third kappa shape index (κ3) is 34.5. The van der Waals surface area contributed by atoms with Crippen LogP contribution in [0.1, 0.15) is 136 Å². The van der Waals surface area contributed by atoms with Crippen molar-refractivity contribution in [2.45, 2.75) is 142 Å². The fourth-order valence-corrected chi connectivity index (χ4v) is 4.60. The second-order valence-corrected chi connectivity index (χ2v) is 12.3. The summed E-state index contributed by atoms with van der Waals surface area (Å²) in [7, 11) is -4.76. The van der Waals surface area contributed by atoms with Gasteiger partial charge >= 0.3 is 19.8 Å². The minimum atomic E-state index is -4.76. The zero-order valence-corrected chi connectivity index (χ0v) is 28.9. The Hall–Kier alpha value is -2.25. The van der Waals surface area contributed by atoms with Crippen molar-refractivity contribution >= 4 is 19.8 Å². The molecule has 0 saturated carbocycles. The van der Waals surface area contributed by atoms with E-state index in [-0.39, 0.29) is 19.4 Å². The molecule has 0 aliphatic heterocycles. The van der Waals surface area contributed by atoms with Crippen LogP contribution in [0.2, 0.25) is 0 Å². The number of carbonyl (C=O) groups excluding carboxylic acids is 2. The number of esters is 2. The van der Waals surface area contributed by atoms with Gasteiger partial charge in [-0.05, 0) is 77.0 Å². The monoisotopic (exact) mass is 652 g/mol. The summed E-state index contributed by atoms with van der Waals surface area (Å²) in [4.78, 5) is 42.5. The van der Waals surface area contributed by atoms with Crippen molar-refractivity contribution in [1.82, 2.24) is 0 Å². The van der Waals surface area contributed by atoms with E-state index in [1.54, 1.807) is 0 Å². The molecule has 0 bridgehead atoms. The van der Waals surface area contributed by atoms with Gasteiger partial charge in [-0.15, -0.1) is 0 Å². The first-order valence-electron chi connectivity index (χ1n) is 17.1. The van der Waals surface area contributed by atoms with Crippen LogP contribution >= 0.6 is 7.82 Å². The summed E-state index contributed by atoms with van der Waals surface area (Å²) in [5.74, 6) is -0.952. The maximum absolute atomic E-state index is 12.3. The van der Waals surface area contributed by atoms with Crippen LogP contribution < -0.4 is 0 Å². The van der Waals surface area contributed by atoms with Gasteiger partial charge in [0.05, 0.1) is 6.61 Å². The highest BCUT2D eigenvalue weighted by Gasteiger charge is 2.22. The molecule has 0 rings (SSSR count). The van der Waals surface area contributed by atoms with Gasteiger partial charge in [-0.25, -0.2) is 4.57 Å². The molecule has 0 radical (unpaired) electrons. The summed E-state index contributed by atoms with van der Waals surface area (Å²) < 4.78 is 26.2. The van der Waals surface area contributed by atoms with E-state index in [2.05, 4.69) is 79.1 Å². The Labute approximate surface area is 273 Å². The molecular weight excluding hydrogens is 591 g/mol. The summed E-state index contributed by atoms with van der Waals surface area (Å²) in [6.07, 6.45) is 38.0. The van der Waals surface area contributed by atoms with Crippen LogP contribution in [0.15, 0.2) is 60.8 Å². The largest absolute Gasteiger partial charge is 0.469 e. The predicted molar refractivity (Wildman–Crippen MR) is 184 cm³/mol. The zero-order valence-electron chi connectivity index (χ0n) is 28.0. The maximum atomic E-state index is 12.3. The molecule has 0 aliphatic carbocycles. The molecule has 0 heterocycles. The van der Waals surface area contributed by atoms with Crippen LogP contribution in [0.3, 0.4) is 0 Å². The number of ether oxygens (including phenoxy) is 2. The van der Waals surface area contributed by atoms with Gasteiger partial charge in [0.15, 0.2) is 6.10 Å². The summed E-state index contributed by atoms with van der Waals surface area (Å²) in [5.41, 5.74) is 0. The molecule has 0 unspecified atom stereocenters. The van der Waals surface area contributed by atoms with Gasteiger partial charge in [-0.2, -0.15) is 0 Å². The Morgan fingerprint density at radius 3 is 1.67 bits per heavy atom. The molecule has 1 atom stereocenters. The quantitative estimate of drug-likeness (QED) is 0.0341. The lowest BCUT2D eigenvalue weighted by Gasteiger charge is -2.18. The number of rotatable bonds is 30. The summed E-state index contributed by atoms with van der Waals surface area (Å²) in [6.45, 7) is 3.47. The highest BCUT2D eigenvalue weighted by molar-refractivity contribution is 7.46. The first-order chi connectivity index (χ1) is 21.8. The fraction of sp³-hybridized carbons (Fsp3) is 0.667.